The van der Waals surface area contributed by atoms with Gasteiger partial charge in [-0.3, -0.25) is 9.59 Å². The molecule has 3 rings (SSSR count). The Labute approximate surface area is 164 Å². The molecule has 0 saturated heterocycles. The minimum atomic E-state index is -0.990. The summed E-state index contributed by atoms with van der Waals surface area (Å²) in [7, 11) is 0. The molecule has 4 nitrogen and oxygen atoms in total. The van der Waals surface area contributed by atoms with E-state index >= 15 is 0 Å². The van der Waals surface area contributed by atoms with E-state index in [0.29, 0.717) is 11.3 Å². The third-order valence-corrected chi connectivity index (χ3v) is 4.59. The number of rotatable bonds is 7. The van der Waals surface area contributed by atoms with Gasteiger partial charge < -0.3 is 5.32 Å². The highest BCUT2D eigenvalue weighted by Crippen LogP contribution is 2.30. The Morgan fingerprint density at radius 2 is 1.36 bits per heavy atom. The number of benzene rings is 3. The van der Waals surface area contributed by atoms with Gasteiger partial charge in [-0.05, 0) is 17.7 Å². The molecule has 0 aliphatic heterocycles. The lowest BCUT2D eigenvalue weighted by atomic mass is 9.81. The van der Waals surface area contributed by atoms with E-state index in [4.69, 9.17) is 0 Å². The van der Waals surface area contributed by atoms with E-state index in [9.17, 15) is 14.9 Å². The molecule has 1 amide bonds. The van der Waals surface area contributed by atoms with Crippen LogP contribution in [0.1, 0.15) is 28.3 Å². The molecule has 0 saturated carbocycles. The van der Waals surface area contributed by atoms with Gasteiger partial charge in [0.25, 0.3) is 0 Å². The number of ketones is 1. The minimum Gasteiger partial charge on any atom is -0.325 e. The molecule has 3 aromatic rings. The summed E-state index contributed by atoms with van der Waals surface area (Å²) in [5.74, 6) is -2.04. The van der Waals surface area contributed by atoms with Crippen molar-refractivity contribution in [2.45, 2.75) is 12.3 Å². The van der Waals surface area contributed by atoms with Gasteiger partial charge in [0.15, 0.2) is 5.78 Å². The van der Waals surface area contributed by atoms with Crippen LogP contribution >= 0.6 is 0 Å². The normalized spacial score (nSPS) is 12.4. The maximum Gasteiger partial charge on any atom is 0.242 e. The van der Waals surface area contributed by atoms with Gasteiger partial charge in [0, 0.05) is 23.6 Å². The van der Waals surface area contributed by atoms with Crippen molar-refractivity contribution < 1.29 is 9.59 Å². The quantitative estimate of drug-likeness (QED) is 0.608. The number of nitrogens with zero attached hydrogens (tertiary/aromatic N) is 1. The van der Waals surface area contributed by atoms with Crippen LogP contribution in [0.15, 0.2) is 91.0 Å². The van der Waals surface area contributed by atoms with Crippen molar-refractivity contribution in [2.75, 3.05) is 5.32 Å². The van der Waals surface area contributed by atoms with E-state index in [1.807, 2.05) is 54.6 Å². The van der Waals surface area contributed by atoms with E-state index in [-0.39, 0.29) is 12.2 Å². The van der Waals surface area contributed by atoms with E-state index < -0.39 is 17.7 Å². The third kappa shape index (κ3) is 4.72. The SMILES string of the molecule is N#CC(C(=O)Nc1ccccc1)C(CC(=O)c1ccccc1)c1ccccc1. The molecule has 2 atom stereocenters. The third-order valence-electron chi connectivity index (χ3n) is 4.59. The zero-order valence-corrected chi connectivity index (χ0v) is 15.3. The van der Waals surface area contributed by atoms with Crippen LogP contribution in [0.5, 0.6) is 0 Å². The molecule has 0 radical (unpaired) electrons. The van der Waals surface area contributed by atoms with Crippen molar-refractivity contribution in [3.63, 3.8) is 0 Å². The lowest BCUT2D eigenvalue weighted by molar-refractivity contribution is -0.118. The predicted octanol–water partition coefficient (Wildman–Crippen LogP) is 4.82. The van der Waals surface area contributed by atoms with Gasteiger partial charge in [0.2, 0.25) is 5.91 Å². The second-order valence-corrected chi connectivity index (χ2v) is 6.47. The first-order valence-electron chi connectivity index (χ1n) is 9.08. The smallest absolute Gasteiger partial charge is 0.242 e. The number of para-hydroxylation sites is 1. The number of nitriles is 1. The Morgan fingerprint density at radius 3 is 1.93 bits per heavy atom. The Bertz CT molecular complexity index is 964. The average molecular weight is 368 g/mol. The second-order valence-electron chi connectivity index (χ2n) is 6.47. The highest BCUT2D eigenvalue weighted by atomic mass is 16.2. The van der Waals surface area contributed by atoms with Crippen molar-refractivity contribution in [3.05, 3.63) is 102 Å². The summed E-state index contributed by atoms with van der Waals surface area (Å²) >= 11 is 0. The molecule has 4 heteroatoms. The first-order chi connectivity index (χ1) is 13.7. The maximum absolute atomic E-state index is 12.8. The van der Waals surface area contributed by atoms with Crippen molar-refractivity contribution in [1.82, 2.24) is 0 Å². The Morgan fingerprint density at radius 1 is 0.821 bits per heavy atom. The molecule has 0 aliphatic carbocycles. The second kappa shape index (κ2) is 9.29. The molecule has 3 aromatic carbocycles. The van der Waals surface area contributed by atoms with Crippen LogP contribution in [-0.4, -0.2) is 11.7 Å². The van der Waals surface area contributed by atoms with Gasteiger partial charge >= 0.3 is 0 Å². The fourth-order valence-electron chi connectivity index (χ4n) is 3.14. The number of amides is 1. The molecule has 2 unspecified atom stereocenters. The summed E-state index contributed by atoms with van der Waals surface area (Å²) in [6, 6.07) is 29.3. The molecule has 0 aliphatic rings. The molecule has 138 valence electrons. The Balaban J connectivity index is 1.87. The lowest BCUT2D eigenvalue weighted by Gasteiger charge is -2.21. The molecule has 0 fully saturated rings. The number of hydrogen-bond acceptors (Lipinski definition) is 3. The van der Waals surface area contributed by atoms with Gasteiger partial charge in [-0.15, -0.1) is 0 Å². The number of carbonyl (C=O) groups excluding carboxylic acids is 2. The molecule has 0 aromatic heterocycles. The van der Waals surface area contributed by atoms with Crippen LogP contribution in [0.2, 0.25) is 0 Å². The van der Waals surface area contributed by atoms with Gasteiger partial charge in [-0.1, -0.05) is 78.9 Å². The molecule has 28 heavy (non-hydrogen) atoms. The standard InChI is InChI=1S/C24H20N2O2/c25-17-22(24(28)26-20-14-8-3-9-15-20)21(18-10-4-1-5-11-18)16-23(27)19-12-6-2-7-13-19/h1-15,21-22H,16H2,(H,26,28). The summed E-state index contributed by atoms with van der Waals surface area (Å²) in [5, 5.41) is 12.6. The van der Waals surface area contributed by atoms with Crippen LogP contribution in [0.25, 0.3) is 0 Å². The largest absolute Gasteiger partial charge is 0.325 e. The summed E-state index contributed by atoms with van der Waals surface area (Å²) in [6.07, 6.45) is 0.0778. The highest BCUT2D eigenvalue weighted by Gasteiger charge is 2.31. The zero-order chi connectivity index (χ0) is 19.8. The molecule has 0 heterocycles. The van der Waals surface area contributed by atoms with Crippen molar-refractivity contribution >= 4 is 17.4 Å². The maximum atomic E-state index is 12.8. The predicted molar refractivity (Wildman–Crippen MR) is 109 cm³/mol. The first-order valence-corrected chi connectivity index (χ1v) is 9.08. The van der Waals surface area contributed by atoms with Crippen molar-refractivity contribution in [1.29, 1.82) is 5.26 Å². The van der Waals surface area contributed by atoms with Crippen LogP contribution < -0.4 is 5.32 Å². The van der Waals surface area contributed by atoms with Crippen molar-refractivity contribution in [3.8, 4) is 6.07 Å². The van der Waals surface area contributed by atoms with Gasteiger partial charge in [-0.2, -0.15) is 5.26 Å². The summed E-state index contributed by atoms with van der Waals surface area (Å²) in [6.45, 7) is 0. The van der Waals surface area contributed by atoms with Crippen LogP contribution in [0.3, 0.4) is 0 Å². The first kappa shape index (κ1) is 19.1. The van der Waals surface area contributed by atoms with Crippen LogP contribution in [-0.2, 0) is 4.79 Å². The molecule has 0 bridgehead atoms. The molecular weight excluding hydrogens is 348 g/mol. The monoisotopic (exact) mass is 368 g/mol. The van der Waals surface area contributed by atoms with Gasteiger partial charge in [0.05, 0.1) is 6.07 Å². The topological polar surface area (TPSA) is 70.0 Å². The number of hydrogen-bond donors (Lipinski definition) is 1. The average Bonchev–Trinajstić information content (AvgIpc) is 2.75. The highest BCUT2D eigenvalue weighted by molar-refractivity contribution is 5.99. The lowest BCUT2D eigenvalue weighted by Crippen LogP contribution is -2.28. The summed E-state index contributed by atoms with van der Waals surface area (Å²) in [5.41, 5.74) is 1.99. The van der Waals surface area contributed by atoms with Gasteiger partial charge in [0.1, 0.15) is 5.92 Å². The van der Waals surface area contributed by atoms with Gasteiger partial charge in [-0.25, -0.2) is 0 Å². The van der Waals surface area contributed by atoms with Crippen LogP contribution in [0.4, 0.5) is 5.69 Å². The fourth-order valence-corrected chi connectivity index (χ4v) is 3.14. The van der Waals surface area contributed by atoms with E-state index in [0.717, 1.165) is 5.56 Å². The molecule has 1 N–H and O–H groups in total. The zero-order valence-electron chi connectivity index (χ0n) is 15.3. The number of carbonyl (C=O) groups is 2. The van der Waals surface area contributed by atoms with Crippen molar-refractivity contribution in [2.24, 2.45) is 5.92 Å². The molecule has 0 spiro atoms. The van der Waals surface area contributed by atoms with E-state index in [1.165, 1.54) is 0 Å². The molecular formula is C24H20N2O2. The summed E-state index contributed by atoms with van der Waals surface area (Å²) in [4.78, 5) is 25.6. The number of anilines is 1. The minimum absolute atomic E-state index is 0.0778. The fraction of sp³-hybridized carbons (Fsp3) is 0.125. The van der Waals surface area contributed by atoms with E-state index in [1.54, 1.807) is 36.4 Å². The van der Waals surface area contributed by atoms with E-state index in [2.05, 4.69) is 11.4 Å². The number of Topliss-reactive ketones (excluding diaryl/α,β-unsaturated/α-hetero) is 1. The van der Waals surface area contributed by atoms with Crippen LogP contribution in [0, 0.1) is 17.2 Å². The summed E-state index contributed by atoms with van der Waals surface area (Å²) < 4.78 is 0. The Kier molecular flexibility index (Phi) is 6.33. The number of nitrogens with one attached hydrogen (secondary N) is 1. The Hall–Kier alpha value is -3.71.